The van der Waals surface area contributed by atoms with Gasteiger partial charge in [-0.25, -0.2) is 0 Å². The monoisotopic (exact) mass is 766 g/mol. The lowest BCUT2D eigenvalue weighted by atomic mass is 9.58. The Labute approximate surface area is 326 Å². The fraction of sp³-hybridized carbons (Fsp3) is 0.442. The Morgan fingerprint density at radius 3 is 1.50 bits per heavy atom. The zero-order valence-electron chi connectivity index (χ0n) is 32.7. The molecule has 2 heterocycles. The van der Waals surface area contributed by atoms with Crippen molar-refractivity contribution >= 4 is 11.6 Å². The summed E-state index contributed by atoms with van der Waals surface area (Å²) in [5.41, 5.74) is -0.983. The minimum absolute atomic E-state index is 0.0180. The van der Waals surface area contributed by atoms with Gasteiger partial charge in [-0.15, -0.1) is 0 Å². The minimum atomic E-state index is -1.77. The van der Waals surface area contributed by atoms with Gasteiger partial charge in [-0.05, 0) is 55.5 Å². The number of ketones is 2. The molecule has 13 heteroatoms. The molecule has 0 spiro atoms. The molecule has 296 valence electrons. The highest BCUT2D eigenvalue weighted by Crippen LogP contribution is 2.54. The smallest absolute Gasteiger partial charge is 0.265 e. The van der Waals surface area contributed by atoms with Crippen LogP contribution in [0.15, 0.2) is 94.0 Å². The highest BCUT2D eigenvalue weighted by Gasteiger charge is 2.63. The van der Waals surface area contributed by atoms with Crippen LogP contribution in [-0.2, 0) is 13.2 Å². The lowest BCUT2D eigenvalue weighted by Crippen LogP contribution is -2.62. The van der Waals surface area contributed by atoms with Crippen LogP contribution in [0.2, 0.25) is 0 Å². The molecule has 0 bridgehead atoms. The van der Waals surface area contributed by atoms with Crippen molar-refractivity contribution < 1.29 is 43.4 Å². The van der Waals surface area contributed by atoms with E-state index in [1.807, 2.05) is 119 Å². The number of aromatic nitrogens is 2. The lowest BCUT2D eigenvalue weighted by molar-refractivity contribution is -0.101. The number of aliphatic hydroxyl groups excluding tert-OH is 1. The number of hydrogen-bond acceptors (Lipinski definition) is 13. The Hall–Kier alpha value is -4.92. The third-order valence-corrected chi connectivity index (χ3v) is 12.0. The number of ether oxygens (including phenoxy) is 2. The molecule has 0 unspecified atom stereocenters. The van der Waals surface area contributed by atoms with E-state index in [-0.39, 0.29) is 65.7 Å². The number of carbonyl (C=O) groups is 2. The third kappa shape index (κ3) is 6.41. The first kappa shape index (κ1) is 39.3. The van der Waals surface area contributed by atoms with Gasteiger partial charge in [0, 0.05) is 23.7 Å². The van der Waals surface area contributed by atoms with E-state index in [1.54, 1.807) is 19.1 Å². The first-order valence-electron chi connectivity index (χ1n) is 19.0. The molecule has 0 saturated heterocycles. The van der Waals surface area contributed by atoms with Crippen LogP contribution in [0, 0.1) is 29.6 Å². The second-order valence-electron chi connectivity index (χ2n) is 15.9. The molecule has 4 aromatic rings. The van der Waals surface area contributed by atoms with E-state index in [0.717, 1.165) is 11.1 Å². The highest BCUT2D eigenvalue weighted by atomic mass is 16.5. The zero-order chi connectivity index (χ0) is 40.1. The first-order valence-corrected chi connectivity index (χ1v) is 19.0. The number of allylic oxidation sites excluding steroid dienone is 1. The highest BCUT2D eigenvalue weighted by molar-refractivity contribution is 6.07. The zero-order valence-corrected chi connectivity index (χ0v) is 32.7. The van der Waals surface area contributed by atoms with Crippen LogP contribution in [0.3, 0.4) is 0 Å². The summed E-state index contributed by atoms with van der Waals surface area (Å²) in [7, 11) is 7.47. The Morgan fingerprint density at radius 1 is 0.643 bits per heavy atom. The van der Waals surface area contributed by atoms with Crippen molar-refractivity contribution in [2.24, 2.45) is 29.6 Å². The van der Waals surface area contributed by atoms with E-state index in [0.29, 0.717) is 11.5 Å². The molecular weight excluding hydrogens is 716 g/mol. The second kappa shape index (κ2) is 15.2. The molecule has 0 fully saturated rings. The number of aliphatic hydroxyl groups is 3. The number of nitrogens with zero attached hydrogens (tertiary/aromatic N) is 4. The maximum absolute atomic E-state index is 13.5. The molecule has 4 aliphatic rings. The molecule has 13 nitrogen and oxygen atoms in total. The van der Waals surface area contributed by atoms with Gasteiger partial charge in [0.25, 0.3) is 11.8 Å². The predicted molar refractivity (Wildman–Crippen MR) is 205 cm³/mol. The third-order valence-electron chi connectivity index (χ3n) is 12.0. The molecule has 3 N–H and O–H groups in total. The van der Waals surface area contributed by atoms with Crippen molar-refractivity contribution in [2.75, 3.05) is 28.2 Å². The summed E-state index contributed by atoms with van der Waals surface area (Å²) in [4.78, 5) is 30.7. The fourth-order valence-corrected chi connectivity index (χ4v) is 8.98. The Bertz CT molecular complexity index is 1960. The summed E-state index contributed by atoms with van der Waals surface area (Å²) in [6.07, 6.45) is 6.32. The molecule has 2 aromatic carbocycles. The van der Waals surface area contributed by atoms with Crippen molar-refractivity contribution in [3.8, 4) is 11.8 Å². The average Bonchev–Trinajstić information content (AvgIpc) is 3.81. The van der Waals surface area contributed by atoms with Crippen molar-refractivity contribution in [2.45, 2.75) is 63.4 Å². The van der Waals surface area contributed by atoms with Gasteiger partial charge in [-0.3, -0.25) is 19.4 Å². The number of benzene rings is 2. The molecule has 8 rings (SSSR count). The normalized spacial score (nSPS) is 31.6. The van der Waals surface area contributed by atoms with Gasteiger partial charge >= 0.3 is 0 Å². The van der Waals surface area contributed by atoms with E-state index in [2.05, 4.69) is 16.4 Å². The summed E-state index contributed by atoms with van der Waals surface area (Å²) >= 11 is 0. The minimum Gasteiger partial charge on any atom is -0.470 e. The number of carbonyl (C=O) groups excluding carboxylic acids is 2. The first-order chi connectivity index (χ1) is 26.7. The number of rotatable bonds is 8. The SMILES string of the molecule is C[C@@H]1C=C[C@H](C)[C@H]2[C@H](N(C)C)c3onc(OCc4ccccc4)c3C(=O)[C@]21O.C[C@@H]1C=C[C@H](O)[C@H]2[C@H](N(C)C)c3onc(OCc4ccccc4)c3C(=O)[C@]21O. The molecule has 4 aliphatic carbocycles. The van der Waals surface area contributed by atoms with Gasteiger partial charge < -0.3 is 33.8 Å². The van der Waals surface area contributed by atoms with Crippen molar-refractivity contribution in [1.29, 1.82) is 0 Å². The molecule has 0 radical (unpaired) electrons. The summed E-state index contributed by atoms with van der Waals surface area (Å²) in [5.74, 6) is -1.73. The summed E-state index contributed by atoms with van der Waals surface area (Å²) in [6.45, 7) is 6.16. The Kier molecular flexibility index (Phi) is 10.7. The molecule has 2 aromatic heterocycles. The number of hydrogen-bond donors (Lipinski definition) is 3. The Balaban J connectivity index is 0.000000172. The predicted octanol–water partition coefficient (Wildman–Crippen LogP) is 5.21. The topological polar surface area (TPSA) is 172 Å². The fourth-order valence-electron chi connectivity index (χ4n) is 8.98. The summed E-state index contributed by atoms with van der Waals surface area (Å²) in [5, 5.41) is 41.7. The molecular formula is C43H50N4O9. The van der Waals surface area contributed by atoms with Gasteiger partial charge in [0.05, 0.1) is 18.2 Å². The molecule has 10 atom stereocenters. The van der Waals surface area contributed by atoms with Crippen LogP contribution in [-0.4, -0.2) is 92.5 Å². The van der Waals surface area contributed by atoms with Crippen LogP contribution in [0.4, 0.5) is 0 Å². The van der Waals surface area contributed by atoms with Crippen LogP contribution in [0.25, 0.3) is 0 Å². The van der Waals surface area contributed by atoms with Crippen LogP contribution in [0.1, 0.15) is 76.2 Å². The average molecular weight is 767 g/mol. The van der Waals surface area contributed by atoms with Crippen LogP contribution < -0.4 is 9.47 Å². The quantitative estimate of drug-likeness (QED) is 0.200. The molecule has 0 aliphatic heterocycles. The molecule has 0 saturated carbocycles. The van der Waals surface area contributed by atoms with Crippen LogP contribution >= 0.6 is 0 Å². The maximum Gasteiger partial charge on any atom is 0.265 e. The molecule has 56 heavy (non-hydrogen) atoms. The number of fused-ring (bicyclic) bond motifs is 4. The van der Waals surface area contributed by atoms with Gasteiger partial charge in [0.1, 0.15) is 35.5 Å². The molecule has 0 amide bonds. The maximum atomic E-state index is 13.5. The van der Waals surface area contributed by atoms with Crippen molar-refractivity contribution in [1.82, 2.24) is 20.1 Å². The van der Waals surface area contributed by atoms with Gasteiger partial charge in [-0.2, -0.15) is 0 Å². The number of Topliss-reactive ketones (excluding diaryl/α,β-unsaturated/α-hetero) is 2. The van der Waals surface area contributed by atoms with E-state index in [9.17, 15) is 24.9 Å². The van der Waals surface area contributed by atoms with Crippen molar-refractivity contribution in [3.05, 3.63) is 119 Å². The van der Waals surface area contributed by atoms with E-state index < -0.39 is 41.0 Å². The van der Waals surface area contributed by atoms with Gasteiger partial charge in [-0.1, -0.05) is 106 Å². The van der Waals surface area contributed by atoms with E-state index >= 15 is 0 Å². The Morgan fingerprint density at radius 2 is 1.05 bits per heavy atom. The van der Waals surface area contributed by atoms with E-state index in [4.69, 9.17) is 18.5 Å². The standard InChI is InChI=1S/C22H26N2O4.C21H24N2O5/c1-13-10-11-14(2)22(26)17(13)18(24(3)4)19-16(20(22)25)21(23-28-19)27-12-15-8-6-5-7-9-15;1-12-9-10-14(24)16-17(23(2)3)18-15(19(25)21(12,16)26)20(22-28-18)27-11-13-7-5-4-6-8-13/h5-11,13-14,17-18,26H,12H2,1-4H3;4-10,12,14,16-17,24,26H,11H2,1-3H3/t13-,14+,17-,18-,22+;12-,14+,16+,17+,21-/m01/s1. The van der Waals surface area contributed by atoms with Crippen molar-refractivity contribution in [3.63, 3.8) is 0 Å². The lowest BCUT2D eigenvalue weighted by Gasteiger charge is -2.50. The second-order valence-corrected chi connectivity index (χ2v) is 15.9. The largest absolute Gasteiger partial charge is 0.470 e. The summed E-state index contributed by atoms with van der Waals surface area (Å²) in [6, 6.07) is 18.4. The van der Waals surface area contributed by atoms with Crippen LogP contribution in [0.5, 0.6) is 11.8 Å². The van der Waals surface area contributed by atoms with Gasteiger partial charge in [0.2, 0.25) is 11.6 Å². The van der Waals surface area contributed by atoms with E-state index in [1.165, 1.54) is 0 Å². The summed E-state index contributed by atoms with van der Waals surface area (Å²) < 4.78 is 22.8. The van der Waals surface area contributed by atoms with Gasteiger partial charge in [0.15, 0.2) is 11.5 Å².